The topological polar surface area (TPSA) is 111 Å². The number of anilines is 1. The molecular weight excluding hydrogens is 275 g/mol. The molecule has 0 atom stereocenters. The molecule has 0 spiro atoms. The minimum absolute atomic E-state index is 0.149. The van der Waals surface area contributed by atoms with Gasteiger partial charge in [0.1, 0.15) is 10.7 Å². The highest BCUT2D eigenvalue weighted by molar-refractivity contribution is 7.89. The second kappa shape index (κ2) is 4.94. The van der Waals surface area contributed by atoms with Gasteiger partial charge >= 0.3 is 0 Å². The van der Waals surface area contributed by atoms with Crippen LogP contribution in [0.4, 0.5) is 10.1 Å². The van der Waals surface area contributed by atoms with Crippen LogP contribution in [0.15, 0.2) is 27.6 Å². The van der Waals surface area contributed by atoms with Gasteiger partial charge in [0, 0.05) is 6.92 Å². The van der Waals surface area contributed by atoms with E-state index in [4.69, 9.17) is 5.73 Å². The summed E-state index contributed by atoms with van der Waals surface area (Å²) in [6, 6.07) is 3.64. The lowest BCUT2D eigenvalue weighted by Gasteiger charge is -2.08. The molecule has 1 aromatic carbocycles. The number of nitrogens with zero attached hydrogens (tertiary/aromatic N) is 2. The van der Waals surface area contributed by atoms with Gasteiger partial charge in [-0.3, -0.25) is 0 Å². The second-order valence-corrected chi connectivity index (χ2v) is 5.42. The predicted octanol–water partition coefficient (Wildman–Crippen LogP) is 0.578. The van der Waals surface area contributed by atoms with Crippen LogP contribution < -0.4 is 10.5 Å². The van der Waals surface area contributed by atoms with Crippen molar-refractivity contribution in [2.45, 2.75) is 18.4 Å². The van der Waals surface area contributed by atoms with Crippen LogP contribution in [0.25, 0.3) is 0 Å². The van der Waals surface area contributed by atoms with Gasteiger partial charge in [0.15, 0.2) is 5.82 Å². The summed E-state index contributed by atoms with van der Waals surface area (Å²) in [6.45, 7) is 1.35. The number of nitrogens with one attached hydrogen (secondary N) is 1. The van der Waals surface area contributed by atoms with E-state index in [1.54, 1.807) is 6.92 Å². The summed E-state index contributed by atoms with van der Waals surface area (Å²) in [5.41, 5.74) is 5.30. The van der Waals surface area contributed by atoms with Crippen molar-refractivity contribution in [3.05, 3.63) is 35.7 Å². The Kier molecular flexibility index (Phi) is 3.49. The van der Waals surface area contributed by atoms with Crippen LogP contribution in [0.5, 0.6) is 0 Å². The lowest BCUT2D eigenvalue weighted by atomic mass is 10.3. The Morgan fingerprint density at radius 1 is 1.47 bits per heavy atom. The van der Waals surface area contributed by atoms with Gasteiger partial charge in [-0.15, -0.1) is 0 Å². The fraction of sp³-hybridized carbons (Fsp3) is 0.200. The van der Waals surface area contributed by atoms with Crippen molar-refractivity contribution in [3.8, 4) is 0 Å². The Morgan fingerprint density at radius 3 is 2.79 bits per heavy atom. The van der Waals surface area contributed by atoms with Crippen molar-refractivity contribution in [2.75, 3.05) is 5.73 Å². The lowest BCUT2D eigenvalue weighted by molar-refractivity contribution is 0.387. The number of aromatic nitrogens is 2. The molecule has 19 heavy (non-hydrogen) atoms. The maximum Gasteiger partial charge on any atom is 0.245 e. The molecule has 0 aliphatic rings. The quantitative estimate of drug-likeness (QED) is 0.795. The molecule has 0 saturated carbocycles. The summed E-state index contributed by atoms with van der Waals surface area (Å²) in [5.74, 6) is -0.465. The number of aryl methyl sites for hydroxylation is 1. The van der Waals surface area contributed by atoms with E-state index in [2.05, 4.69) is 19.4 Å². The number of halogens is 1. The lowest BCUT2D eigenvalue weighted by Crippen LogP contribution is -2.25. The van der Waals surface area contributed by atoms with Gasteiger partial charge in [-0.05, 0) is 12.1 Å². The largest absolute Gasteiger partial charge is 0.398 e. The first-order valence-electron chi connectivity index (χ1n) is 5.23. The van der Waals surface area contributed by atoms with Crippen LogP contribution in [0.1, 0.15) is 11.7 Å². The molecule has 7 nitrogen and oxygen atoms in total. The number of benzene rings is 1. The molecule has 0 radical (unpaired) electrons. The van der Waals surface area contributed by atoms with E-state index in [0.717, 1.165) is 6.07 Å². The van der Waals surface area contributed by atoms with Gasteiger partial charge in [-0.25, -0.2) is 17.5 Å². The van der Waals surface area contributed by atoms with Crippen LogP contribution in [-0.4, -0.2) is 18.6 Å². The van der Waals surface area contributed by atoms with E-state index in [0.29, 0.717) is 5.89 Å². The smallest absolute Gasteiger partial charge is 0.245 e. The molecule has 1 aromatic heterocycles. The normalized spacial score (nSPS) is 11.7. The van der Waals surface area contributed by atoms with Gasteiger partial charge in [0.05, 0.1) is 12.2 Å². The highest BCUT2D eigenvalue weighted by Crippen LogP contribution is 2.21. The molecule has 0 aliphatic heterocycles. The van der Waals surface area contributed by atoms with Crippen LogP contribution in [0.2, 0.25) is 0 Å². The predicted molar refractivity (Wildman–Crippen MR) is 63.9 cm³/mol. The SMILES string of the molecule is Cc1nc(CNS(=O)(=O)c2c(N)cccc2F)no1. The first kappa shape index (κ1) is 13.4. The zero-order valence-corrected chi connectivity index (χ0v) is 10.7. The standard InChI is InChI=1S/C10H11FN4O3S/c1-6-14-9(15-18-6)5-13-19(16,17)10-7(11)3-2-4-8(10)12/h2-4,13H,5,12H2,1H3. The molecule has 2 rings (SSSR count). The summed E-state index contributed by atoms with van der Waals surface area (Å²) in [5, 5.41) is 3.52. The fourth-order valence-electron chi connectivity index (χ4n) is 1.45. The Balaban J connectivity index is 2.23. The van der Waals surface area contributed by atoms with Gasteiger partial charge in [-0.1, -0.05) is 11.2 Å². The molecule has 3 N–H and O–H groups in total. The average Bonchev–Trinajstić information content (AvgIpc) is 2.72. The van der Waals surface area contributed by atoms with Crippen LogP contribution >= 0.6 is 0 Å². The van der Waals surface area contributed by atoms with E-state index in [1.165, 1.54) is 12.1 Å². The van der Waals surface area contributed by atoms with Crippen molar-refractivity contribution in [2.24, 2.45) is 0 Å². The molecule has 0 bridgehead atoms. The van der Waals surface area contributed by atoms with Gasteiger partial charge in [0.2, 0.25) is 15.9 Å². The van der Waals surface area contributed by atoms with Crippen LogP contribution in [0, 0.1) is 12.7 Å². The Labute approximate surface area is 108 Å². The number of rotatable bonds is 4. The van der Waals surface area contributed by atoms with E-state index in [9.17, 15) is 12.8 Å². The Hall–Kier alpha value is -2.00. The summed E-state index contributed by atoms with van der Waals surface area (Å²) in [7, 11) is -4.08. The minimum atomic E-state index is -4.08. The maximum absolute atomic E-state index is 13.5. The van der Waals surface area contributed by atoms with E-state index in [1.807, 2.05) is 0 Å². The summed E-state index contributed by atoms with van der Waals surface area (Å²) >= 11 is 0. The minimum Gasteiger partial charge on any atom is -0.398 e. The van der Waals surface area contributed by atoms with Gasteiger partial charge < -0.3 is 10.3 Å². The van der Waals surface area contributed by atoms with Gasteiger partial charge in [0.25, 0.3) is 0 Å². The fourth-order valence-corrected chi connectivity index (χ4v) is 2.62. The van der Waals surface area contributed by atoms with Crippen LogP contribution in [-0.2, 0) is 16.6 Å². The Bertz CT molecular complexity index is 678. The second-order valence-electron chi connectivity index (χ2n) is 3.71. The summed E-state index contributed by atoms with van der Waals surface area (Å²) < 4.78 is 44.2. The van der Waals surface area contributed by atoms with E-state index >= 15 is 0 Å². The third kappa shape index (κ3) is 2.88. The number of sulfonamides is 1. The molecular formula is C10H11FN4O3S. The number of hydrogen-bond donors (Lipinski definition) is 2. The zero-order chi connectivity index (χ0) is 14.0. The molecule has 0 fully saturated rings. The Morgan fingerprint density at radius 2 is 2.21 bits per heavy atom. The van der Waals surface area contributed by atoms with Gasteiger partial charge in [-0.2, -0.15) is 4.98 Å². The van der Waals surface area contributed by atoms with Crippen molar-refractivity contribution in [1.82, 2.24) is 14.9 Å². The highest BCUT2D eigenvalue weighted by atomic mass is 32.2. The monoisotopic (exact) mass is 286 g/mol. The van der Waals surface area contributed by atoms with E-state index < -0.39 is 20.7 Å². The summed E-state index contributed by atoms with van der Waals surface area (Å²) in [6.07, 6.45) is 0. The first-order valence-corrected chi connectivity index (χ1v) is 6.71. The number of hydrogen-bond acceptors (Lipinski definition) is 6. The third-order valence-corrected chi connectivity index (χ3v) is 3.75. The molecule has 0 amide bonds. The summed E-state index contributed by atoms with van der Waals surface area (Å²) in [4.78, 5) is 3.23. The number of nitrogens with two attached hydrogens (primary N) is 1. The van der Waals surface area contributed by atoms with Crippen molar-refractivity contribution < 1.29 is 17.3 Å². The molecule has 2 aromatic rings. The molecule has 102 valence electrons. The average molecular weight is 286 g/mol. The highest BCUT2D eigenvalue weighted by Gasteiger charge is 2.22. The zero-order valence-electron chi connectivity index (χ0n) is 9.92. The maximum atomic E-state index is 13.5. The van der Waals surface area contributed by atoms with E-state index in [-0.39, 0.29) is 18.1 Å². The van der Waals surface area contributed by atoms with Crippen LogP contribution in [0.3, 0.4) is 0 Å². The first-order chi connectivity index (χ1) is 8.90. The molecule has 0 saturated heterocycles. The molecule has 9 heteroatoms. The van der Waals surface area contributed by atoms with Crippen molar-refractivity contribution in [3.63, 3.8) is 0 Å². The number of nitrogen functional groups attached to an aromatic ring is 1. The third-order valence-electron chi connectivity index (χ3n) is 2.26. The molecule has 1 heterocycles. The molecule has 0 aliphatic carbocycles. The van der Waals surface area contributed by atoms with Crippen molar-refractivity contribution >= 4 is 15.7 Å². The van der Waals surface area contributed by atoms with Crippen molar-refractivity contribution in [1.29, 1.82) is 0 Å². The molecule has 0 unspecified atom stereocenters.